The van der Waals surface area contributed by atoms with E-state index >= 15 is 0 Å². The van der Waals surface area contributed by atoms with Gasteiger partial charge in [0.25, 0.3) is 0 Å². The second-order valence-electron chi connectivity index (χ2n) is 4.52. The van der Waals surface area contributed by atoms with E-state index < -0.39 is 0 Å². The van der Waals surface area contributed by atoms with Gasteiger partial charge in [-0.2, -0.15) is 0 Å². The quantitative estimate of drug-likeness (QED) is 0.444. The second kappa shape index (κ2) is 8.74. The minimum Gasteiger partial charge on any atom is -0.376 e. The van der Waals surface area contributed by atoms with E-state index in [4.69, 9.17) is 10.5 Å². The lowest BCUT2D eigenvalue weighted by Gasteiger charge is -2.32. The molecule has 0 saturated carbocycles. The molecule has 3 nitrogen and oxygen atoms in total. The summed E-state index contributed by atoms with van der Waals surface area (Å²) >= 11 is 0. The van der Waals surface area contributed by atoms with Gasteiger partial charge >= 0.3 is 0 Å². The van der Waals surface area contributed by atoms with Crippen molar-refractivity contribution >= 4 is 0 Å². The van der Waals surface area contributed by atoms with E-state index in [2.05, 4.69) is 25.7 Å². The molecule has 3 heteroatoms. The van der Waals surface area contributed by atoms with Crippen molar-refractivity contribution in [2.75, 3.05) is 26.3 Å². The molecule has 0 fully saturated rings. The Kier molecular flexibility index (Phi) is 8.53. The molecule has 0 bridgehead atoms. The van der Waals surface area contributed by atoms with Crippen LogP contribution in [0, 0.1) is 0 Å². The number of rotatable bonds is 10. The average molecular weight is 228 g/mol. The van der Waals surface area contributed by atoms with E-state index in [1.54, 1.807) is 0 Å². The van der Waals surface area contributed by atoms with Gasteiger partial charge in [0.15, 0.2) is 0 Å². The summed E-state index contributed by atoms with van der Waals surface area (Å²) in [4.78, 5) is 0. The molecular weight excluding hydrogens is 200 g/mol. The highest BCUT2D eigenvalue weighted by molar-refractivity contribution is 4.88. The number of hydrogen-bond donors (Lipinski definition) is 2. The van der Waals surface area contributed by atoms with Crippen LogP contribution in [0.5, 0.6) is 0 Å². The van der Waals surface area contributed by atoms with E-state index in [0.717, 1.165) is 38.0 Å². The van der Waals surface area contributed by atoms with Gasteiger partial charge in [0.1, 0.15) is 0 Å². The first-order chi connectivity index (χ1) is 7.60. The minimum absolute atomic E-state index is 0.0985. The van der Waals surface area contributed by atoms with Crippen molar-refractivity contribution < 1.29 is 4.74 Å². The number of hydrogen-bond acceptors (Lipinski definition) is 3. The number of nitrogens with one attached hydrogen (secondary N) is 1. The van der Waals surface area contributed by atoms with Crippen molar-refractivity contribution in [3.63, 3.8) is 0 Å². The Labute approximate surface area is 100 Å². The van der Waals surface area contributed by atoms with Gasteiger partial charge in [0.2, 0.25) is 0 Å². The average Bonchev–Trinajstić information content (AvgIpc) is 2.27. The molecule has 0 aliphatic rings. The van der Waals surface area contributed by atoms with Gasteiger partial charge in [-0.15, -0.1) is 0 Å². The zero-order valence-electron chi connectivity index (χ0n) is 11.1. The maximum absolute atomic E-state index is 5.85. The maximum atomic E-state index is 5.85. The lowest BCUT2D eigenvalue weighted by atomic mass is 9.91. The summed E-state index contributed by atoms with van der Waals surface area (Å²) in [5.41, 5.74) is 7.01. The molecule has 1 atom stereocenters. The zero-order chi connectivity index (χ0) is 12.4. The molecule has 96 valence electrons. The predicted octanol–water partition coefficient (Wildman–Crippen LogP) is 2.08. The number of nitrogens with two attached hydrogens (primary N) is 1. The van der Waals surface area contributed by atoms with Crippen LogP contribution in [0.25, 0.3) is 0 Å². The largest absolute Gasteiger partial charge is 0.376 e. The lowest BCUT2D eigenvalue weighted by Crippen LogP contribution is -2.51. The summed E-state index contributed by atoms with van der Waals surface area (Å²) in [6, 6.07) is 0. The topological polar surface area (TPSA) is 47.3 Å². The van der Waals surface area contributed by atoms with Crippen LogP contribution in [-0.4, -0.2) is 31.8 Å². The lowest BCUT2D eigenvalue weighted by molar-refractivity contribution is 0.145. The third-order valence-electron chi connectivity index (χ3n) is 2.89. The molecule has 0 radical (unpaired) electrons. The van der Waals surface area contributed by atoms with Gasteiger partial charge in [-0.1, -0.05) is 32.4 Å². The second-order valence-corrected chi connectivity index (χ2v) is 4.52. The Morgan fingerprint density at radius 2 is 2.12 bits per heavy atom. The molecule has 0 heterocycles. The van der Waals surface area contributed by atoms with Gasteiger partial charge in [-0.25, -0.2) is 0 Å². The minimum atomic E-state index is 0.0985. The van der Waals surface area contributed by atoms with Crippen molar-refractivity contribution in [3.05, 3.63) is 12.2 Å². The van der Waals surface area contributed by atoms with E-state index in [1.807, 2.05) is 6.92 Å². The van der Waals surface area contributed by atoms with Gasteiger partial charge < -0.3 is 15.8 Å². The normalized spacial score (nSPS) is 14.8. The van der Waals surface area contributed by atoms with Crippen LogP contribution < -0.4 is 11.1 Å². The summed E-state index contributed by atoms with van der Waals surface area (Å²) in [7, 11) is 0. The Bertz CT molecular complexity index is 188. The molecule has 3 N–H and O–H groups in total. The van der Waals surface area contributed by atoms with E-state index in [0.29, 0.717) is 13.2 Å². The van der Waals surface area contributed by atoms with Crippen LogP contribution in [0.15, 0.2) is 12.2 Å². The summed E-state index contributed by atoms with van der Waals surface area (Å²) in [5.74, 6) is 0. The Balaban J connectivity index is 3.79. The summed E-state index contributed by atoms with van der Waals surface area (Å²) in [6.45, 7) is 13.1. The fourth-order valence-corrected chi connectivity index (χ4v) is 1.82. The fraction of sp³-hybridized carbons (Fsp3) is 0.846. The maximum Gasteiger partial charge on any atom is 0.0672 e. The van der Waals surface area contributed by atoms with E-state index in [9.17, 15) is 0 Å². The molecule has 0 aliphatic carbocycles. The number of ether oxygens (including phenoxy) is 1. The first-order valence-electron chi connectivity index (χ1n) is 6.27. The fourth-order valence-electron chi connectivity index (χ4n) is 1.82. The van der Waals surface area contributed by atoms with Crippen LogP contribution in [0.3, 0.4) is 0 Å². The van der Waals surface area contributed by atoms with Crippen molar-refractivity contribution in [2.45, 2.75) is 45.6 Å². The molecule has 0 aromatic heterocycles. The molecule has 0 saturated heterocycles. The van der Waals surface area contributed by atoms with Crippen LogP contribution in [0.1, 0.15) is 40.0 Å². The van der Waals surface area contributed by atoms with Crippen LogP contribution in [0.2, 0.25) is 0 Å². The molecule has 0 spiro atoms. The summed E-state index contributed by atoms with van der Waals surface area (Å²) in [6.07, 6.45) is 3.35. The van der Waals surface area contributed by atoms with Gasteiger partial charge in [-0.3, -0.25) is 0 Å². The molecular formula is C13H28N2O. The zero-order valence-corrected chi connectivity index (χ0v) is 11.1. The highest BCUT2D eigenvalue weighted by Crippen LogP contribution is 2.15. The highest BCUT2D eigenvalue weighted by Gasteiger charge is 2.23. The molecule has 0 aromatic rings. The Morgan fingerprint density at radius 3 is 2.56 bits per heavy atom. The van der Waals surface area contributed by atoms with Gasteiger partial charge in [0, 0.05) is 18.6 Å². The van der Waals surface area contributed by atoms with E-state index in [-0.39, 0.29) is 5.54 Å². The van der Waals surface area contributed by atoms with Crippen LogP contribution >= 0.6 is 0 Å². The SMILES string of the molecule is C=C(C)COCCNC(CC)(CN)CCC. The van der Waals surface area contributed by atoms with Crippen molar-refractivity contribution in [2.24, 2.45) is 5.73 Å². The monoisotopic (exact) mass is 228 g/mol. The molecule has 0 aliphatic heterocycles. The van der Waals surface area contributed by atoms with Gasteiger partial charge in [-0.05, 0) is 19.8 Å². The van der Waals surface area contributed by atoms with Crippen LogP contribution in [0.4, 0.5) is 0 Å². The summed E-state index contributed by atoms with van der Waals surface area (Å²) in [5, 5.41) is 3.53. The molecule has 1 unspecified atom stereocenters. The van der Waals surface area contributed by atoms with E-state index in [1.165, 1.54) is 0 Å². The Hall–Kier alpha value is -0.380. The molecule has 0 amide bonds. The molecule has 0 aromatic carbocycles. The first kappa shape index (κ1) is 15.6. The molecule has 16 heavy (non-hydrogen) atoms. The van der Waals surface area contributed by atoms with Crippen molar-refractivity contribution in [3.8, 4) is 0 Å². The summed E-state index contributed by atoms with van der Waals surface area (Å²) < 4.78 is 5.45. The standard InChI is InChI=1S/C13H28N2O/c1-5-7-13(6-2,11-14)15-8-9-16-10-12(3)4/h15H,3,5-11,14H2,1-2,4H3. The highest BCUT2D eigenvalue weighted by atomic mass is 16.5. The van der Waals surface area contributed by atoms with Crippen molar-refractivity contribution in [1.82, 2.24) is 5.32 Å². The van der Waals surface area contributed by atoms with Crippen molar-refractivity contribution in [1.29, 1.82) is 0 Å². The third-order valence-corrected chi connectivity index (χ3v) is 2.89. The van der Waals surface area contributed by atoms with Gasteiger partial charge in [0.05, 0.1) is 13.2 Å². The Morgan fingerprint density at radius 1 is 1.44 bits per heavy atom. The van der Waals surface area contributed by atoms with Crippen LogP contribution in [-0.2, 0) is 4.74 Å². The molecule has 0 rings (SSSR count). The third kappa shape index (κ3) is 6.26. The predicted molar refractivity (Wildman–Crippen MR) is 70.6 cm³/mol. The smallest absolute Gasteiger partial charge is 0.0672 e. The first-order valence-corrected chi connectivity index (χ1v) is 6.27.